The summed E-state index contributed by atoms with van der Waals surface area (Å²) in [5.74, 6) is -0.545. The monoisotopic (exact) mass is 713 g/mol. The number of ether oxygens (including phenoxy) is 1. The number of hydrogen-bond acceptors (Lipinski definition) is 7. The zero-order valence-electron chi connectivity index (χ0n) is 31.1. The molecule has 0 spiro atoms. The van der Waals surface area contributed by atoms with E-state index in [1.54, 1.807) is 0 Å². The number of nitrogens with one attached hydrogen (secondary N) is 1. The summed E-state index contributed by atoms with van der Waals surface area (Å²) in [5, 5.41) is 12.6. The number of carbonyl (C=O) groups excluding carboxylic acids is 2. The highest BCUT2D eigenvalue weighted by Gasteiger charge is 2.23. The van der Waals surface area contributed by atoms with Crippen molar-refractivity contribution in [1.82, 2.24) is 5.32 Å². The first kappa shape index (κ1) is 47.2. The number of esters is 1. The average Bonchev–Trinajstić information content (AvgIpc) is 3.08. The van der Waals surface area contributed by atoms with Crippen molar-refractivity contribution in [2.75, 3.05) is 26.4 Å². The number of phosphoric acid groups is 1. The van der Waals surface area contributed by atoms with Crippen LogP contribution < -0.4 is 5.32 Å². The van der Waals surface area contributed by atoms with Crippen LogP contribution in [0.25, 0.3) is 0 Å². The highest BCUT2D eigenvalue weighted by Crippen LogP contribution is 2.42. The van der Waals surface area contributed by atoms with Crippen LogP contribution in [-0.4, -0.2) is 54.3 Å². The summed E-state index contributed by atoms with van der Waals surface area (Å²) in [6.07, 6.45) is 37.9. The molecule has 3 N–H and O–H groups in total. The minimum Gasteiger partial charge on any atom is -0.463 e. The minimum absolute atomic E-state index is 0.0798. The van der Waals surface area contributed by atoms with E-state index in [9.17, 15) is 24.2 Å². The summed E-state index contributed by atoms with van der Waals surface area (Å²) in [5.41, 5.74) is 0. The van der Waals surface area contributed by atoms with Gasteiger partial charge in [-0.2, -0.15) is 0 Å². The Bertz CT molecular complexity index is 907. The molecule has 0 saturated heterocycles. The molecule has 0 aliphatic carbocycles. The molecule has 0 aromatic carbocycles. The number of allylic oxidation sites excluding steroid dienone is 6. The van der Waals surface area contributed by atoms with Gasteiger partial charge in [0.15, 0.2) is 0 Å². The van der Waals surface area contributed by atoms with Crippen molar-refractivity contribution in [2.45, 2.75) is 174 Å². The smallest absolute Gasteiger partial charge is 0.463 e. The van der Waals surface area contributed by atoms with E-state index in [0.29, 0.717) is 12.8 Å². The Kier molecular flexibility index (Phi) is 34.7. The van der Waals surface area contributed by atoms with Crippen LogP contribution in [0.5, 0.6) is 0 Å². The molecule has 0 aromatic heterocycles. The van der Waals surface area contributed by atoms with E-state index in [1.165, 1.54) is 77.0 Å². The lowest BCUT2D eigenvalue weighted by Gasteiger charge is -2.15. The van der Waals surface area contributed by atoms with Crippen LogP contribution in [0.1, 0.15) is 168 Å². The Morgan fingerprint density at radius 3 is 1.76 bits per heavy atom. The second-order valence-electron chi connectivity index (χ2n) is 12.9. The number of hydrogen-bond donors (Lipinski definition) is 3. The molecule has 10 heteroatoms. The molecule has 0 rings (SSSR count). The van der Waals surface area contributed by atoms with Gasteiger partial charge in [-0.1, -0.05) is 147 Å². The molecule has 9 nitrogen and oxygen atoms in total. The predicted octanol–water partition coefficient (Wildman–Crippen LogP) is 10.2. The quantitative estimate of drug-likeness (QED) is 0.0253. The van der Waals surface area contributed by atoms with Crippen LogP contribution in [0.15, 0.2) is 36.5 Å². The molecule has 0 bridgehead atoms. The van der Waals surface area contributed by atoms with E-state index in [0.717, 1.165) is 57.8 Å². The fraction of sp³-hybridized carbons (Fsp3) is 0.795. The number of aliphatic hydroxyl groups excluding tert-OH is 1. The highest BCUT2D eigenvalue weighted by atomic mass is 31.2. The lowest BCUT2D eigenvalue weighted by Crippen LogP contribution is -2.27. The van der Waals surface area contributed by atoms with E-state index in [2.05, 4.69) is 55.6 Å². The maximum atomic E-state index is 12.0. The van der Waals surface area contributed by atoms with Gasteiger partial charge >= 0.3 is 13.8 Å². The van der Waals surface area contributed by atoms with Gasteiger partial charge in [-0.3, -0.25) is 18.6 Å². The largest absolute Gasteiger partial charge is 0.472 e. The summed E-state index contributed by atoms with van der Waals surface area (Å²) >= 11 is 0. The Morgan fingerprint density at radius 2 is 1.16 bits per heavy atom. The Morgan fingerprint density at radius 1 is 0.653 bits per heavy atom. The van der Waals surface area contributed by atoms with Crippen molar-refractivity contribution in [1.29, 1.82) is 0 Å². The van der Waals surface area contributed by atoms with Gasteiger partial charge in [-0.05, 0) is 44.9 Å². The Balaban J connectivity index is 3.64. The summed E-state index contributed by atoms with van der Waals surface area (Å²) in [6.45, 7) is 3.40. The fourth-order valence-corrected chi connectivity index (χ4v) is 5.92. The molecule has 2 unspecified atom stereocenters. The summed E-state index contributed by atoms with van der Waals surface area (Å²) in [7, 11) is -4.41. The average molecular weight is 714 g/mol. The van der Waals surface area contributed by atoms with Gasteiger partial charge in [0.05, 0.1) is 13.2 Å². The lowest BCUT2D eigenvalue weighted by atomic mass is 10.0. The number of unbranched alkanes of at least 4 members (excludes halogenated alkanes) is 17. The summed E-state index contributed by atoms with van der Waals surface area (Å²) in [6, 6.07) is 0. The normalized spacial score (nSPS) is 13.8. The first-order valence-electron chi connectivity index (χ1n) is 19.5. The van der Waals surface area contributed by atoms with Gasteiger partial charge < -0.3 is 20.1 Å². The maximum absolute atomic E-state index is 12.0. The van der Waals surface area contributed by atoms with Crippen molar-refractivity contribution in [3.63, 3.8) is 0 Å². The van der Waals surface area contributed by atoms with Crippen LogP contribution in [-0.2, 0) is 27.9 Å². The summed E-state index contributed by atoms with van der Waals surface area (Å²) in [4.78, 5) is 33.8. The predicted molar refractivity (Wildman–Crippen MR) is 201 cm³/mol. The molecule has 2 atom stereocenters. The maximum Gasteiger partial charge on any atom is 0.472 e. The van der Waals surface area contributed by atoms with E-state index in [-0.39, 0.29) is 32.1 Å². The van der Waals surface area contributed by atoms with Crippen LogP contribution in [0.2, 0.25) is 0 Å². The van der Waals surface area contributed by atoms with Crippen molar-refractivity contribution >= 4 is 19.7 Å². The number of aliphatic hydroxyl groups is 1. The van der Waals surface area contributed by atoms with Crippen molar-refractivity contribution < 1.29 is 37.9 Å². The summed E-state index contributed by atoms with van der Waals surface area (Å²) < 4.78 is 26.7. The molecule has 0 radical (unpaired) electrons. The SMILES string of the molecule is CC/C=C\C/C=C\C/C=C\CCCCCC(=O)OCC(O)COP(=O)(O)OCCNC(=O)CCCCCCCCCCCCCCCCC. The van der Waals surface area contributed by atoms with Gasteiger partial charge in [0.1, 0.15) is 12.7 Å². The number of rotatable bonds is 36. The fourth-order valence-electron chi connectivity index (χ4n) is 5.16. The third kappa shape index (κ3) is 37.3. The van der Waals surface area contributed by atoms with Gasteiger partial charge in [0.2, 0.25) is 5.91 Å². The van der Waals surface area contributed by atoms with Crippen molar-refractivity contribution in [3.05, 3.63) is 36.5 Å². The van der Waals surface area contributed by atoms with Gasteiger partial charge in [0.25, 0.3) is 0 Å². The van der Waals surface area contributed by atoms with Gasteiger partial charge in [-0.15, -0.1) is 0 Å². The topological polar surface area (TPSA) is 131 Å². The van der Waals surface area contributed by atoms with Crippen molar-refractivity contribution in [3.8, 4) is 0 Å². The minimum atomic E-state index is -4.41. The van der Waals surface area contributed by atoms with Crippen LogP contribution >= 0.6 is 7.82 Å². The van der Waals surface area contributed by atoms with Gasteiger partial charge in [0, 0.05) is 19.4 Å². The first-order chi connectivity index (χ1) is 23.8. The number of phosphoric ester groups is 1. The first-order valence-corrected chi connectivity index (χ1v) is 21.0. The van der Waals surface area contributed by atoms with Crippen molar-refractivity contribution in [2.24, 2.45) is 0 Å². The molecule has 0 aliphatic heterocycles. The second-order valence-corrected chi connectivity index (χ2v) is 14.3. The van der Waals surface area contributed by atoms with Crippen LogP contribution in [0.3, 0.4) is 0 Å². The van der Waals surface area contributed by atoms with E-state index >= 15 is 0 Å². The number of carbonyl (C=O) groups is 2. The van der Waals surface area contributed by atoms with Crippen LogP contribution in [0.4, 0.5) is 0 Å². The molecular weight excluding hydrogens is 641 g/mol. The van der Waals surface area contributed by atoms with Crippen LogP contribution in [0, 0.1) is 0 Å². The molecule has 0 fully saturated rings. The molecule has 0 saturated carbocycles. The Labute approximate surface area is 299 Å². The van der Waals surface area contributed by atoms with Gasteiger partial charge in [-0.25, -0.2) is 4.57 Å². The highest BCUT2D eigenvalue weighted by molar-refractivity contribution is 7.47. The van der Waals surface area contributed by atoms with E-state index in [4.69, 9.17) is 13.8 Å². The molecular formula is C39H72NO8P. The zero-order chi connectivity index (χ0) is 36.1. The Hall–Kier alpha value is -1.77. The molecule has 1 amide bonds. The zero-order valence-corrected chi connectivity index (χ0v) is 32.0. The third-order valence-electron chi connectivity index (χ3n) is 8.08. The van der Waals surface area contributed by atoms with E-state index < -0.39 is 26.5 Å². The second kappa shape index (κ2) is 36.0. The molecule has 0 heterocycles. The van der Waals surface area contributed by atoms with E-state index in [1.807, 2.05) is 0 Å². The molecule has 49 heavy (non-hydrogen) atoms. The molecule has 286 valence electrons. The lowest BCUT2D eigenvalue weighted by molar-refractivity contribution is -0.147. The third-order valence-corrected chi connectivity index (χ3v) is 9.07. The molecule has 0 aliphatic rings. The number of amides is 1. The standard InChI is InChI=1S/C39H72NO8P/c1-3-5-7-9-11-13-15-17-18-20-21-23-25-27-29-31-38(42)40-33-34-47-49(44,45)48-36-37(41)35-46-39(43)32-30-28-26-24-22-19-16-14-12-10-8-6-4-2/h6,8,12,14,19,22,37,41H,3-5,7,9-11,13,15-18,20-21,23-36H2,1-2H3,(H,40,42)(H,44,45)/b8-6-,14-12-,22-19-. The molecule has 0 aromatic rings.